The van der Waals surface area contributed by atoms with Crippen molar-refractivity contribution >= 4 is 16.9 Å². The number of hydrogen-bond acceptors (Lipinski definition) is 5. The molecule has 1 atom stereocenters. The molecule has 0 spiro atoms. The number of fused-ring (bicyclic) bond motifs is 1. The van der Waals surface area contributed by atoms with Gasteiger partial charge >= 0.3 is 0 Å². The van der Waals surface area contributed by atoms with E-state index in [9.17, 15) is 4.79 Å². The second kappa shape index (κ2) is 11.1. The Morgan fingerprint density at radius 3 is 2.59 bits per heavy atom. The summed E-state index contributed by atoms with van der Waals surface area (Å²) in [6, 6.07) is 16.9. The third kappa shape index (κ3) is 5.65. The van der Waals surface area contributed by atoms with Gasteiger partial charge in [0.2, 0.25) is 5.91 Å². The summed E-state index contributed by atoms with van der Waals surface area (Å²) in [6.07, 6.45) is 3.85. The van der Waals surface area contributed by atoms with Crippen LogP contribution in [0.1, 0.15) is 16.7 Å². The van der Waals surface area contributed by atoms with Gasteiger partial charge in [-0.05, 0) is 48.2 Å². The first-order valence-corrected chi connectivity index (χ1v) is 12.7. The van der Waals surface area contributed by atoms with Gasteiger partial charge in [-0.1, -0.05) is 36.4 Å². The Morgan fingerprint density at radius 2 is 1.86 bits per heavy atom. The summed E-state index contributed by atoms with van der Waals surface area (Å²) in [5.41, 5.74) is 9.65. The SMILES string of the molecule is Cc1c[nH]c2nccc(Oc3ccc(CC(CN)C(=O)N4CCN(Cc5ccccc5)CC4)cc3F)c12. The van der Waals surface area contributed by atoms with Crippen LogP contribution in [0.5, 0.6) is 11.5 Å². The maximum absolute atomic E-state index is 15.0. The second-order valence-corrected chi connectivity index (χ2v) is 9.60. The third-order valence-electron chi connectivity index (χ3n) is 7.00. The van der Waals surface area contributed by atoms with Crippen molar-refractivity contribution in [2.75, 3.05) is 32.7 Å². The lowest BCUT2D eigenvalue weighted by molar-refractivity contribution is -0.137. The summed E-state index contributed by atoms with van der Waals surface area (Å²) >= 11 is 0. The zero-order valence-electron chi connectivity index (χ0n) is 21.0. The molecule has 0 aliphatic carbocycles. The molecular formula is C29H32FN5O2. The van der Waals surface area contributed by atoms with Crippen LogP contribution in [0.3, 0.4) is 0 Å². The highest BCUT2D eigenvalue weighted by Crippen LogP contribution is 2.32. The topological polar surface area (TPSA) is 87.5 Å². The van der Waals surface area contributed by atoms with Crippen molar-refractivity contribution in [3.8, 4) is 11.5 Å². The van der Waals surface area contributed by atoms with Gasteiger partial charge in [-0.2, -0.15) is 0 Å². The number of nitrogens with zero attached hydrogens (tertiary/aromatic N) is 3. The number of amides is 1. The molecule has 4 aromatic rings. The lowest BCUT2D eigenvalue weighted by Crippen LogP contribution is -2.51. The highest BCUT2D eigenvalue weighted by atomic mass is 19.1. The summed E-state index contributed by atoms with van der Waals surface area (Å²) in [5.74, 6) is -0.175. The molecule has 3 heterocycles. The Morgan fingerprint density at radius 1 is 1.08 bits per heavy atom. The number of carbonyl (C=O) groups excluding carboxylic acids is 1. The molecule has 0 bridgehead atoms. The normalized spacial score (nSPS) is 15.2. The lowest BCUT2D eigenvalue weighted by atomic mass is 9.97. The van der Waals surface area contributed by atoms with Crippen LogP contribution in [0.25, 0.3) is 11.0 Å². The van der Waals surface area contributed by atoms with E-state index < -0.39 is 11.7 Å². The predicted molar refractivity (Wildman–Crippen MR) is 142 cm³/mol. The Hall–Kier alpha value is -3.75. The molecule has 0 radical (unpaired) electrons. The van der Waals surface area contributed by atoms with Crippen LogP contribution >= 0.6 is 0 Å². The number of aryl methyl sites for hydroxylation is 1. The largest absolute Gasteiger partial charge is 0.453 e. The molecule has 1 aliphatic rings. The molecule has 37 heavy (non-hydrogen) atoms. The molecule has 5 rings (SSSR count). The lowest BCUT2D eigenvalue weighted by Gasteiger charge is -2.36. The average molecular weight is 502 g/mol. The number of hydrogen-bond donors (Lipinski definition) is 2. The van der Waals surface area contributed by atoms with E-state index in [1.54, 1.807) is 24.4 Å². The molecule has 3 N–H and O–H groups in total. The Kier molecular flexibility index (Phi) is 7.48. The van der Waals surface area contributed by atoms with Crippen LogP contribution < -0.4 is 10.5 Å². The summed E-state index contributed by atoms with van der Waals surface area (Å²) in [4.78, 5) is 24.8. The first kappa shape index (κ1) is 24.9. The fourth-order valence-electron chi connectivity index (χ4n) is 4.92. The zero-order valence-corrected chi connectivity index (χ0v) is 21.0. The van der Waals surface area contributed by atoms with E-state index in [1.807, 2.05) is 36.2 Å². The number of nitrogens with two attached hydrogens (primary N) is 1. The molecule has 8 heteroatoms. The molecule has 1 saturated heterocycles. The van der Waals surface area contributed by atoms with Crippen molar-refractivity contribution in [2.45, 2.75) is 19.9 Å². The van der Waals surface area contributed by atoms with Gasteiger partial charge in [-0.25, -0.2) is 9.37 Å². The van der Waals surface area contributed by atoms with Gasteiger partial charge < -0.3 is 20.4 Å². The van der Waals surface area contributed by atoms with Crippen molar-refractivity contribution in [3.05, 3.63) is 89.5 Å². The first-order valence-electron chi connectivity index (χ1n) is 12.7. The average Bonchev–Trinajstić information content (AvgIpc) is 3.31. The van der Waals surface area contributed by atoms with E-state index >= 15 is 4.39 Å². The van der Waals surface area contributed by atoms with Gasteiger partial charge in [0.05, 0.1) is 11.3 Å². The smallest absolute Gasteiger partial charge is 0.227 e. The highest BCUT2D eigenvalue weighted by Gasteiger charge is 2.27. The fraction of sp³-hybridized carbons (Fsp3) is 0.310. The highest BCUT2D eigenvalue weighted by molar-refractivity contribution is 5.86. The molecule has 1 aliphatic heterocycles. The molecule has 2 aromatic heterocycles. The van der Waals surface area contributed by atoms with E-state index in [0.717, 1.165) is 30.6 Å². The number of benzene rings is 2. The van der Waals surface area contributed by atoms with E-state index in [2.05, 4.69) is 27.0 Å². The van der Waals surface area contributed by atoms with Crippen LogP contribution in [0.2, 0.25) is 0 Å². The number of H-pyrrole nitrogens is 1. The van der Waals surface area contributed by atoms with Gasteiger partial charge in [0.25, 0.3) is 0 Å². The number of halogens is 1. The van der Waals surface area contributed by atoms with Crippen molar-refractivity contribution < 1.29 is 13.9 Å². The molecule has 2 aromatic carbocycles. The van der Waals surface area contributed by atoms with Crippen LogP contribution in [0.4, 0.5) is 4.39 Å². The van der Waals surface area contributed by atoms with Crippen molar-refractivity contribution in [1.29, 1.82) is 0 Å². The van der Waals surface area contributed by atoms with Crippen molar-refractivity contribution in [2.24, 2.45) is 11.7 Å². The molecule has 1 amide bonds. The molecule has 7 nitrogen and oxygen atoms in total. The minimum atomic E-state index is -0.478. The van der Waals surface area contributed by atoms with Crippen LogP contribution in [0.15, 0.2) is 67.0 Å². The van der Waals surface area contributed by atoms with Crippen molar-refractivity contribution in [3.63, 3.8) is 0 Å². The fourth-order valence-corrected chi connectivity index (χ4v) is 4.92. The van der Waals surface area contributed by atoms with Crippen molar-refractivity contribution in [1.82, 2.24) is 19.8 Å². The molecule has 192 valence electrons. The van der Waals surface area contributed by atoms with E-state index in [4.69, 9.17) is 10.5 Å². The number of nitrogens with one attached hydrogen (secondary N) is 1. The Bertz CT molecular complexity index is 1370. The van der Waals surface area contributed by atoms with E-state index in [-0.39, 0.29) is 18.2 Å². The van der Waals surface area contributed by atoms with E-state index in [0.29, 0.717) is 36.5 Å². The predicted octanol–water partition coefficient (Wildman–Crippen LogP) is 4.26. The van der Waals surface area contributed by atoms with Gasteiger partial charge in [0, 0.05) is 51.7 Å². The summed E-state index contributed by atoms with van der Waals surface area (Å²) in [6.45, 7) is 6.02. The molecule has 1 unspecified atom stereocenters. The number of ether oxygens (including phenoxy) is 1. The minimum absolute atomic E-state index is 0.0321. The van der Waals surface area contributed by atoms with Crippen LogP contribution in [-0.4, -0.2) is 58.4 Å². The van der Waals surface area contributed by atoms with Crippen LogP contribution in [-0.2, 0) is 17.8 Å². The number of carbonyl (C=O) groups is 1. The third-order valence-corrected chi connectivity index (χ3v) is 7.00. The standard InChI is InChI=1S/C29H32FN5O2/c1-20-18-33-28-27(20)26(9-10-32-28)37-25-8-7-22(16-24(25)30)15-23(17-31)29(36)35-13-11-34(12-14-35)19-21-5-3-2-4-6-21/h2-10,16,18,23H,11-15,17,19,31H2,1H3,(H,32,33). The van der Waals surface area contributed by atoms with Gasteiger partial charge in [-0.3, -0.25) is 9.69 Å². The zero-order chi connectivity index (χ0) is 25.8. The quantitative estimate of drug-likeness (QED) is 0.377. The maximum atomic E-state index is 15.0. The van der Waals surface area contributed by atoms with Gasteiger partial charge in [0.1, 0.15) is 11.4 Å². The Labute approximate surface area is 216 Å². The van der Waals surface area contributed by atoms with Gasteiger partial charge in [0.15, 0.2) is 11.6 Å². The Balaban J connectivity index is 1.20. The number of aromatic nitrogens is 2. The number of rotatable bonds is 8. The summed E-state index contributed by atoms with van der Waals surface area (Å²) in [7, 11) is 0. The number of piperazine rings is 1. The molecular weight excluding hydrogens is 469 g/mol. The molecule has 1 fully saturated rings. The van der Waals surface area contributed by atoms with Gasteiger partial charge in [-0.15, -0.1) is 0 Å². The first-order chi connectivity index (χ1) is 18.0. The number of pyridine rings is 1. The summed E-state index contributed by atoms with van der Waals surface area (Å²) in [5, 5.41) is 0.823. The maximum Gasteiger partial charge on any atom is 0.227 e. The summed E-state index contributed by atoms with van der Waals surface area (Å²) < 4.78 is 20.9. The minimum Gasteiger partial charge on any atom is -0.453 e. The van der Waals surface area contributed by atoms with E-state index in [1.165, 1.54) is 11.6 Å². The van der Waals surface area contributed by atoms with Crippen LogP contribution in [0, 0.1) is 18.7 Å². The molecule has 0 saturated carbocycles. The second-order valence-electron chi connectivity index (χ2n) is 9.60. The number of aromatic amines is 1. The monoisotopic (exact) mass is 501 g/mol.